The Morgan fingerprint density at radius 3 is 2.85 bits per heavy atom. The zero-order valence-electron chi connectivity index (χ0n) is 11.9. The van der Waals surface area contributed by atoms with Crippen LogP contribution < -0.4 is 15.8 Å². The predicted molar refractivity (Wildman–Crippen MR) is 80.9 cm³/mol. The van der Waals surface area contributed by atoms with Gasteiger partial charge in [-0.1, -0.05) is 12.1 Å². The van der Waals surface area contributed by atoms with Crippen LogP contribution in [0.25, 0.3) is 11.3 Å². The summed E-state index contributed by atoms with van der Waals surface area (Å²) in [4.78, 5) is 8.80. The molecular formula is C15H20N4O. The minimum absolute atomic E-state index is 0.656. The second-order valence-corrected chi connectivity index (χ2v) is 4.45. The number of para-hydroxylation sites is 1. The van der Waals surface area contributed by atoms with Gasteiger partial charge in [0.15, 0.2) is 0 Å². The summed E-state index contributed by atoms with van der Waals surface area (Å²) >= 11 is 0. The summed E-state index contributed by atoms with van der Waals surface area (Å²) in [7, 11) is 1.66. The first-order valence-corrected chi connectivity index (χ1v) is 6.67. The van der Waals surface area contributed by atoms with E-state index >= 15 is 0 Å². The number of hydrogen-bond donors (Lipinski definition) is 2. The number of aryl methyl sites for hydroxylation is 1. The molecule has 5 heteroatoms. The molecule has 0 bridgehead atoms. The number of rotatable bonds is 6. The molecule has 20 heavy (non-hydrogen) atoms. The molecule has 0 atom stereocenters. The minimum atomic E-state index is 0.656. The first-order chi connectivity index (χ1) is 9.76. The van der Waals surface area contributed by atoms with E-state index in [1.54, 1.807) is 13.3 Å². The molecule has 3 N–H and O–H groups in total. The number of ether oxygens (including phenoxy) is 1. The third-order valence-electron chi connectivity index (χ3n) is 2.97. The van der Waals surface area contributed by atoms with E-state index in [1.165, 1.54) is 0 Å². The molecule has 5 nitrogen and oxygen atoms in total. The van der Waals surface area contributed by atoms with Crippen LogP contribution >= 0.6 is 0 Å². The molecule has 1 heterocycles. The highest BCUT2D eigenvalue weighted by Gasteiger charge is 2.12. The van der Waals surface area contributed by atoms with E-state index in [2.05, 4.69) is 15.3 Å². The highest BCUT2D eigenvalue weighted by Crippen LogP contribution is 2.32. The lowest BCUT2D eigenvalue weighted by Gasteiger charge is -2.13. The van der Waals surface area contributed by atoms with Gasteiger partial charge in [-0.3, -0.25) is 0 Å². The minimum Gasteiger partial charge on any atom is -0.496 e. The van der Waals surface area contributed by atoms with Crippen LogP contribution in [0.4, 0.5) is 5.69 Å². The van der Waals surface area contributed by atoms with Crippen LogP contribution in [0.3, 0.4) is 0 Å². The lowest BCUT2D eigenvalue weighted by atomic mass is 10.1. The van der Waals surface area contributed by atoms with Gasteiger partial charge in [-0.15, -0.1) is 0 Å². The molecule has 0 aliphatic heterocycles. The van der Waals surface area contributed by atoms with Crippen molar-refractivity contribution in [2.75, 3.05) is 25.5 Å². The van der Waals surface area contributed by atoms with E-state index in [0.29, 0.717) is 6.54 Å². The summed E-state index contributed by atoms with van der Waals surface area (Å²) < 4.78 is 5.41. The fourth-order valence-electron chi connectivity index (χ4n) is 1.97. The Morgan fingerprint density at radius 2 is 2.10 bits per heavy atom. The predicted octanol–water partition coefficient (Wildman–Crippen LogP) is 2.22. The summed E-state index contributed by atoms with van der Waals surface area (Å²) in [6.45, 7) is 3.33. The SMILES string of the molecule is COc1ccccc1-c1nc(C)ncc1NCCCN. The second-order valence-electron chi connectivity index (χ2n) is 4.45. The monoisotopic (exact) mass is 272 g/mol. The van der Waals surface area contributed by atoms with E-state index in [0.717, 1.165) is 41.5 Å². The Labute approximate surface area is 119 Å². The van der Waals surface area contributed by atoms with E-state index in [4.69, 9.17) is 10.5 Å². The summed E-state index contributed by atoms with van der Waals surface area (Å²) in [6.07, 6.45) is 2.71. The highest BCUT2D eigenvalue weighted by molar-refractivity contribution is 5.78. The number of nitrogens with zero attached hydrogens (tertiary/aromatic N) is 2. The van der Waals surface area contributed by atoms with Crippen molar-refractivity contribution < 1.29 is 4.74 Å². The van der Waals surface area contributed by atoms with Crippen molar-refractivity contribution in [3.05, 3.63) is 36.3 Å². The van der Waals surface area contributed by atoms with Crippen molar-refractivity contribution in [1.82, 2.24) is 9.97 Å². The van der Waals surface area contributed by atoms with Crippen LogP contribution in [0.15, 0.2) is 30.5 Å². The molecule has 0 unspecified atom stereocenters. The van der Waals surface area contributed by atoms with Crippen LogP contribution in [-0.2, 0) is 0 Å². The van der Waals surface area contributed by atoms with Crippen LogP contribution in [0.1, 0.15) is 12.2 Å². The molecule has 1 aromatic carbocycles. The Kier molecular flexibility index (Phi) is 4.90. The van der Waals surface area contributed by atoms with Gasteiger partial charge in [-0.2, -0.15) is 0 Å². The fourth-order valence-corrected chi connectivity index (χ4v) is 1.97. The normalized spacial score (nSPS) is 10.3. The van der Waals surface area contributed by atoms with Crippen molar-refractivity contribution in [3.63, 3.8) is 0 Å². The van der Waals surface area contributed by atoms with Gasteiger partial charge in [0.05, 0.1) is 19.0 Å². The largest absolute Gasteiger partial charge is 0.496 e. The molecule has 1 aromatic heterocycles. The number of hydrogen-bond acceptors (Lipinski definition) is 5. The quantitative estimate of drug-likeness (QED) is 0.789. The number of aromatic nitrogens is 2. The molecular weight excluding hydrogens is 252 g/mol. The van der Waals surface area contributed by atoms with Gasteiger partial charge in [-0.25, -0.2) is 9.97 Å². The first kappa shape index (κ1) is 14.3. The molecule has 0 saturated carbocycles. The van der Waals surface area contributed by atoms with Crippen molar-refractivity contribution in [3.8, 4) is 17.0 Å². The van der Waals surface area contributed by atoms with Gasteiger partial charge in [-0.05, 0) is 32.0 Å². The van der Waals surface area contributed by atoms with Gasteiger partial charge in [0.25, 0.3) is 0 Å². The third kappa shape index (κ3) is 3.24. The van der Waals surface area contributed by atoms with Crippen molar-refractivity contribution in [2.24, 2.45) is 5.73 Å². The standard InChI is InChI=1S/C15H20N4O/c1-11-18-10-13(17-9-5-8-16)15(19-11)12-6-3-4-7-14(12)20-2/h3-4,6-7,10,17H,5,8-9,16H2,1-2H3. The van der Waals surface area contributed by atoms with E-state index < -0.39 is 0 Å². The molecule has 0 saturated heterocycles. The Hall–Kier alpha value is -2.14. The van der Waals surface area contributed by atoms with Crippen LogP contribution in [0.2, 0.25) is 0 Å². The topological polar surface area (TPSA) is 73.1 Å². The van der Waals surface area contributed by atoms with Gasteiger partial charge in [0, 0.05) is 12.1 Å². The Balaban J connectivity index is 2.40. The van der Waals surface area contributed by atoms with E-state index in [-0.39, 0.29) is 0 Å². The molecule has 106 valence electrons. The summed E-state index contributed by atoms with van der Waals surface area (Å²) in [5.74, 6) is 1.53. The molecule has 0 radical (unpaired) electrons. The average molecular weight is 272 g/mol. The van der Waals surface area contributed by atoms with E-state index in [9.17, 15) is 0 Å². The number of nitrogens with two attached hydrogens (primary N) is 1. The molecule has 2 rings (SSSR count). The molecule has 0 aliphatic carbocycles. The number of nitrogens with one attached hydrogen (secondary N) is 1. The van der Waals surface area contributed by atoms with Crippen LogP contribution in [0.5, 0.6) is 5.75 Å². The Bertz CT molecular complexity index is 572. The molecule has 0 amide bonds. The number of anilines is 1. The maximum Gasteiger partial charge on any atom is 0.128 e. The molecule has 2 aromatic rings. The lowest BCUT2D eigenvalue weighted by Crippen LogP contribution is -2.10. The van der Waals surface area contributed by atoms with Gasteiger partial charge in [0.2, 0.25) is 0 Å². The first-order valence-electron chi connectivity index (χ1n) is 6.67. The average Bonchev–Trinajstić information content (AvgIpc) is 2.49. The van der Waals surface area contributed by atoms with E-state index in [1.807, 2.05) is 31.2 Å². The highest BCUT2D eigenvalue weighted by atomic mass is 16.5. The maximum absolute atomic E-state index is 5.52. The smallest absolute Gasteiger partial charge is 0.128 e. The summed E-state index contributed by atoms with van der Waals surface area (Å²) in [5, 5.41) is 3.33. The Morgan fingerprint density at radius 1 is 1.30 bits per heavy atom. The van der Waals surface area contributed by atoms with Crippen LogP contribution in [0, 0.1) is 6.92 Å². The van der Waals surface area contributed by atoms with Gasteiger partial charge < -0.3 is 15.8 Å². The lowest BCUT2D eigenvalue weighted by molar-refractivity contribution is 0.416. The zero-order chi connectivity index (χ0) is 14.4. The third-order valence-corrected chi connectivity index (χ3v) is 2.97. The van der Waals surface area contributed by atoms with Crippen molar-refractivity contribution in [2.45, 2.75) is 13.3 Å². The maximum atomic E-state index is 5.52. The zero-order valence-corrected chi connectivity index (χ0v) is 11.9. The summed E-state index contributed by atoms with van der Waals surface area (Å²) in [5.41, 5.74) is 8.23. The molecule has 0 fully saturated rings. The second kappa shape index (κ2) is 6.86. The van der Waals surface area contributed by atoms with Crippen molar-refractivity contribution in [1.29, 1.82) is 0 Å². The molecule has 0 aliphatic rings. The molecule has 0 spiro atoms. The number of methoxy groups -OCH3 is 1. The van der Waals surface area contributed by atoms with Crippen LogP contribution in [-0.4, -0.2) is 30.2 Å². The summed E-state index contributed by atoms with van der Waals surface area (Å²) in [6, 6.07) is 7.84. The van der Waals surface area contributed by atoms with Crippen molar-refractivity contribution >= 4 is 5.69 Å². The fraction of sp³-hybridized carbons (Fsp3) is 0.333. The van der Waals surface area contributed by atoms with Gasteiger partial charge in [0.1, 0.15) is 17.3 Å². The van der Waals surface area contributed by atoms with Gasteiger partial charge >= 0.3 is 0 Å². The number of benzene rings is 1.